The Balaban J connectivity index is 2.30. The van der Waals surface area contributed by atoms with Gasteiger partial charge in [-0.2, -0.15) is 11.8 Å². The van der Waals surface area contributed by atoms with Crippen molar-refractivity contribution in [3.8, 4) is 0 Å². The smallest absolute Gasteiger partial charge is 0.251 e. The maximum atomic E-state index is 11.9. The van der Waals surface area contributed by atoms with E-state index in [2.05, 4.69) is 5.32 Å². The minimum Gasteiger partial charge on any atom is -0.394 e. The van der Waals surface area contributed by atoms with Crippen molar-refractivity contribution in [3.05, 3.63) is 35.4 Å². The van der Waals surface area contributed by atoms with Gasteiger partial charge in [-0.05, 0) is 30.4 Å². The zero-order chi connectivity index (χ0) is 13.9. The second-order valence-corrected chi connectivity index (χ2v) is 4.94. The van der Waals surface area contributed by atoms with Gasteiger partial charge in [-0.25, -0.2) is 0 Å². The number of ether oxygens (including phenoxy) is 1. The molecule has 1 aromatic carbocycles. The number of thioether (sulfide) groups is 1. The molecule has 19 heavy (non-hydrogen) atoms. The molecule has 0 aliphatic heterocycles. The molecule has 0 saturated heterocycles. The van der Waals surface area contributed by atoms with E-state index in [1.165, 1.54) is 0 Å². The molecule has 0 fully saturated rings. The highest BCUT2D eigenvalue weighted by Crippen LogP contribution is 2.11. The summed E-state index contributed by atoms with van der Waals surface area (Å²) in [5, 5.41) is 11.4. The molecule has 1 aromatic rings. The average Bonchev–Trinajstić information content (AvgIpc) is 2.43. The zero-order valence-electron chi connectivity index (χ0n) is 11.2. The predicted molar refractivity (Wildman–Crippen MR) is 78.5 cm³/mol. The van der Waals surface area contributed by atoms with Crippen LogP contribution in [-0.4, -0.2) is 43.6 Å². The normalized spacial score (nSPS) is 10.4. The number of benzene rings is 1. The number of hydrogen-bond donors (Lipinski definition) is 2. The van der Waals surface area contributed by atoms with Crippen molar-refractivity contribution in [3.63, 3.8) is 0 Å². The van der Waals surface area contributed by atoms with Crippen LogP contribution in [0, 0.1) is 0 Å². The number of aliphatic hydroxyl groups excluding tert-OH is 1. The lowest BCUT2D eigenvalue weighted by Crippen LogP contribution is -2.25. The number of nitrogens with one attached hydrogen (secondary N) is 1. The van der Waals surface area contributed by atoms with Crippen LogP contribution in [0.15, 0.2) is 24.3 Å². The van der Waals surface area contributed by atoms with Crippen LogP contribution in [0.4, 0.5) is 0 Å². The molecule has 2 N–H and O–H groups in total. The summed E-state index contributed by atoms with van der Waals surface area (Å²) in [7, 11) is 0. The highest BCUT2D eigenvalue weighted by molar-refractivity contribution is 7.97. The number of carbonyl (C=O) groups is 1. The Kier molecular flexibility index (Phi) is 8.29. The lowest BCUT2D eigenvalue weighted by atomic mass is 10.1. The zero-order valence-corrected chi connectivity index (χ0v) is 12.0. The molecule has 0 bridgehead atoms. The average molecular weight is 283 g/mol. The number of rotatable bonds is 9. The summed E-state index contributed by atoms with van der Waals surface area (Å²) in [5.74, 6) is 0.862. The first-order valence-electron chi connectivity index (χ1n) is 6.32. The van der Waals surface area contributed by atoms with Crippen molar-refractivity contribution < 1.29 is 14.6 Å². The molecule has 0 saturated carbocycles. The maximum absolute atomic E-state index is 11.9. The first-order valence-corrected chi connectivity index (χ1v) is 7.72. The lowest BCUT2D eigenvalue weighted by Gasteiger charge is -2.07. The Bertz CT molecular complexity index is 385. The van der Waals surface area contributed by atoms with Crippen LogP contribution >= 0.6 is 11.8 Å². The highest BCUT2D eigenvalue weighted by Gasteiger charge is 2.05. The molecule has 4 nitrogen and oxygen atoms in total. The standard InChI is InChI=1S/C14H21NO3S/c1-19-11-12-4-2-5-13(10-12)14(17)15-6-3-8-18-9-7-16/h2,4-5,10,16H,3,6-9,11H2,1H3,(H,15,17). The third-order valence-corrected chi connectivity index (χ3v) is 3.11. The molecule has 0 heterocycles. The van der Waals surface area contributed by atoms with Gasteiger partial charge in [0, 0.05) is 24.5 Å². The molecule has 1 rings (SSSR count). The van der Waals surface area contributed by atoms with E-state index in [0.717, 1.165) is 17.7 Å². The summed E-state index contributed by atoms with van der Waals surface area (Å²) in [6, 6.07) is 7.68. The Morgan fingerprint density at radius 2 is 2.26 bits per heavy atom. The summed E-state index contributed by atoms with van der Waals surface area (Å²) in [6.45, 7) is 1.52. The Morgan fingerprint density at radius 3 is 3.00 bits per heavy atom. The van der Waals surface area contributed by atoms with E-state index in [1.54, 1.807) is 11.8 Å². The summed E-state index contributed by atoms with van der Waals surface area (Å²) >= 11 is 1.74. The number of carbonyl (C=O) groups excluding carboxylic acids is 1. The van der Waals surface area contributed by atoms with Gasteiger partial charge in [0.05, 0.1) is 13.2 Å². The number of amides is 1. The third kappa shape index (κ3) is 6.61. The number of hydrogen-bond acceptors (Lipinski definition) is 4. The third-order valence-electron chi connectivity index (χ3n) is 2.49. The van der Waals surface area contributed by atoms with E-state index in [4.69, 9.17) is 9.84 Å². The molecule has 0 radical (unpaired) electrons. The van der Waals surface area contributed by atoms with Crippen LogP contribution in [0.5, 0.6) is 0 Å². The fourth-order valence-corrected chi connectivity index (χ4v) is 2.13. The molecule has 0 aliphatic carbocycles. The monoisotopic (exact) mass is 283 g/mol. The summed E-state index contributed by atoms with van der Waals surface area (Å²) < 4.78 is 5.12. The second kappa shape index (κ2) is 9.83. The number of aliphatic hydroxyl groups is 1. The van der Waals surface area contributed by atoms with E-state index in [9.17, 15) is 4.79 Å². The molecule has 0 spiro atoms. The van der Waals surface area contributed by atoms with Gasteiger partial charge in [0.2, 0.25) is 0 Å². The maximum Gasteiger partial charge on any atom is 0.251 e. The van der Waals surface area contributed by atoms with Gasteiger partial charge in [0.1, 0.15) is 0 Å². The van der Waals surface area contributed by atoms with E-state index in [1.807, 2.05) is 30.5 Å². The second-order valence-electron chi connectivity index (χ2n) is 4.08. The van der Waals surface area contributed by atoms with Crippen LogP contribution in [0.25, 0.3) is 0 Å². The quantitative estimate of drug-likeness (QED) is 0.677. The van der Waals surface area contributed by atoms with Gasteiger partial charge >= 0.3 is 0 Å². The largest absolute Gasteiger partial charge is 0.394 e. The Morgan fingerprint density at radius 1 is 1.42 bits per heavy atom. The van der Waals surface area contributed by atoms with Crippen molar-refractivity contribution in [2.45, 2.75) is 12.2 Å². The minimum atomic E-state index is -0.0508. The highest BCUT2D eigenvalue weighted by atomic mass is 32.2. The Labute approximate surface area is 118 Å². The van der Waals surface area contributed by atoms with E-state index < -0.39 is 0 Å². The Hall–Kier alpha value is -1.04. The van der Waals surface area contributed by atoms with Crippen LogP contribution in [-0.2, 0) is 10.5 Å². The summed E-state index contributed by atoms with van der Waals surface area (Å²) in [6.07, 6.45) is 2.79. The summed E-state index contributed by atoms with van der Waals surface area (Å²) in [5.41, 5.74) is 1.86. The van der Waals surface area contributed by atoms with Gasteiger partial charge in [-0.1, -0.05) is 12.1 Å². The molecule has 0 unspecified atom stereocenters. The predicted octanol–water partition coefficient (Wildman–Crippen LogP) is 1.68. The molecule has 0 aliphatic rings. The van der Waals surface area contributed by atoms with E-state index in [-0.39, 0.29) is 12.5 Å². The topological polar surface area (TPSA) is 58.6 Å². The SMILES string of the molecule is CSCc1cccc(C(=O)NCCCOCCO)c1. The fraction of sp³-hybridized carbons (Fsp3) is 0.500. The van der Waals surface area contributed by atoms with Crippen molar-refractivity contribution in [2.24, 2.45) is 0 Å². The van der Waals surface area contributed by atoms with Crippen molar-refractivity contribution in [1.82, 2.24) is 5.32 Å². The van der Waals surface area contributed by atoms with E-state index >= 15 is 0 Å². The fourth-order valence-electron chi connectivity index (χ4n) is 1.61. The van der Waals surface area contributed by atoms with Gasteiger partial charge in [-0.15, -0.1) is 0 Å². The first kappa shape index (κ1) is 16.0. The van der Waals surface area contributed by atoms with Crippen molar-refractivity contribution in [2.75, 3.05) is 32.6 Å². The van der Waals surface area contributed by atoms with Crippen LogP contribution < -0.4 is 5.32 Å². The molecule has 0 atom stereocenters. The van der Waals surface area contributed by atoms with Crippen LogP contribution in [0.3, 0.4) is 0 Å². The molecule has 5 heteroatoms. The molecular weight excluding hydrogens is 262 g/mol. The van der Waals surface area contributed by atoms with Crippen molar-refractivity contribution >= 4 is 17.7 Å². The molecule has 106 valence electrons. The van der Waals surface area contributed by atoms with Gasteiger partial charge < -0.3 is 15.2 Å². The lowest BCUT2D eigenvalue weighted by molar-refractivity contribution is 0.0867. The van der Waals surface area contributed by atoms with Gasteiger partial charge in [0.25, 0.3) is 5.91 Å². The van der Waals surface area contributed by atoms with Crippen LogP contribution in [0.1, 0.15) is 22.3 Å². The van der Waals surface area contributed by atoms with Gasteiger partial charge in [0.15, 0.2) is 0 Å². The van der Waals surface area contributed by atoms with E-state index in [0.29, 0.717) is 25.3 Å². The molecular formula is C14H21NO3S. The summed E-state index contributed by atoms with van der Waals surface area (Å²) in [4.78, 5) is 11.9. The molecule has 1 amide bonds. The van der Waals surface area contributed by atoms with Gasteiger partial charge in [-0.3, -0.25) is 4.79 Å². The first-order chi connectivity index (χ1) is 9.27. The van der Waals surface area contributed by atoms with Crippen LogP contribution in [0.2, 0.25) is 0 Å². The molecule has 0 aromatic heterocycles. The van der Waals surface area contributed by atoms with Crippen molar-refractivity contribution in [1.29, 1.82) is 0 Å². The minimum absolute atomic E-state index is 0.0363.